The zero-order valence-electron chi connectivity index (χ0n) is 24.2. The van der Waals surface area contributed by atoms with E-state index in [1.165, 1.54) is 4.90 Å². The van der Waals surface area contributed by atoms with Crippen LogP contribution in [-0.4, -0.2) is 57.6 Å². The molecule has 3 heterocycles. The molecule has 0 aliphatic carbocycles. The van der Waals surface area contributed by atoms with E-state index >= 15 is 0 Å². The standard InChI is InChI=1S/C34H37N3O5/c1-21-14-15-22(2)26(18-21)36-31(40)29-34-17-16-33(3,42-34)27(30(39)35-24-12-8-5-9-13-24)28(34)32(41)37(29)25(20-38)19-23-10-6-4-7-11-23/h4-15,18,25,27-29,38H,16-17,19-20H2,1-3H3,(H,35,39)(H,36,40)/t25-,27+,28+,29?,33-,34?/m1/s1. The maximum absolute atomic E-state index is 14.5. The zero-order chi connectivity index (χ0) is 29.6. The third kappa shape index (κ3) is 4.59. The Morgan fingerprint density at radius 2 is 1.67 bits per heavy atom. The second-order valence-electron chi connectivity index (χ2n) is 12.2. The molecule has 3 saturated heterocycles. The van der Waals surface area contributed by atoms with Crippen molar-refractivity contribution < 1.29 is 24.2 Å². The molecule has 0 saturated carbocycles. The van der Waals surface area contributed by atoms with Gasteiger partial charge < -0.3 is 25.4 Å². The highest BCUT2D eigenvalue weighted by Crippen LogP contribution is 2.63. The van der Waals surface area contributed by atoms with E-state index in [9.17, 15) is 19.5 Å². The van der Waals surface area contributed by atoms with Crippen molar-refractivity contribution in [2.45, 2.75) is 63.3 Å². The Morgan fingerprint density at radius 3 is 2.36 bits per heavy atom. The largest absolute Gasteiger partial charge is 0.394 e. The molecule has 2 unspecified atom stereocenters. The van der Waals surface area contributed by atoms with Gasteiger partial charge in [-0.2, -0.15) is 0 Å². The van der Waals surface area contributed by atoms with E-state index in [2.05, 4.69) is 10.6 Å². The van der Waals surface area contributed by atoms with Crippen molar-refractivity contribution in [3.05, 3.63) is 95.6 Å². The minimum Gasteiger partial charge on any atom is -0.394 e. The van der Waals surface area contributed by atoms with E-state index in [0.29, 0.717) is 30.6 Å². The first-order valence-corrected chi connectivity index (χ1v) is 14.6. The maximum Gasteiger partial charge on any atom is 0.250 e. The molecule has 6 atom stereocenters. The van der Waals surface area contributed by atoms with Gasteiger partial charge in [0.05, 0.1) is 30.1 Å². The van der Waals surface area contributed by atoms with Gasteiger partial charge in [0.15, 0.2) is 0 Å². The van der Waals surface area contributed by atoms with E-state index < -0.39 is 35.1 Å². The fourth-order valence-electron chi connectivity index (χ4n) is 7.41. The molecule has 3 aliphatic heterocycles. The summed E-state index contributed by atoms with van der Waals surface area (Å²) in [5, 5.41) is 16.7. The van der Waals surface area contributed by atoms with Crippen LogP contribution in [0.3, 0.4) is 0 Å². The number of nitrogens with zero attached hydrogens (tertiary/aromatic N) is 1. The summed E-state index contributed by atoms with van der Waals surface area (Å²) in [7, 11) is 0. The topological polar surface area (TPSA) is 108 Å². The number of para-hydroxylation sites is 1. The lowest BCUT2D eigenvalue weighted by atomic mass is 9.66. The van der Waals surface area contributed by atoms with E-state index in [1.54, 1.807) is 12.1 Å². The summed E-state index contributed by atoms with van der Waals surface area (Å²) in [6, 6.07) is 22.9. The van der Waals surface area contributed by atoms with Crippen LogP contribution < -0.4 is 10.6 Å². The predicted molar refractivity (Wildman–Crippen MR) is 160 cm³/mol. The smallest absolute Gasteiger partial charge is 0.250 e. The summed E-state index contributed by atoms with van der Waals surface area (Å²) < 4.78 is 6.75. The van der Waals surface area contributed by atoms with Crippen LogP contribution in [0.4, 0.5) is 11.4 Å². The summed E-state index contributed by atoms with van der Waals surface area (Å²) in [6.45, 7) is 5.41. The molecule has 1 spiro atoms. The Bertz CT molecular complexity index is 1510. The Balaban J connectivity index is 1.41. The predicted octanol–water partition coefficient (Wildman–Crippen LogP) is 4.25. The molecular formula is C34H37N3O5. The van der Waals surface area contributed by atoms with Crippen molar-refractivity contribution in [3.63, 3.8) is 0 Å². The van der Waals surface area contributed by atoms with Crippen LogP contribution in [0, 0.1) is 25.7 Å². The normalized spacial score (nSPS) is 28.4. The number of rotatable bonds is 8. The number of hydrogen-bond donors (Lipinski definition) is 3. The first-order chi connectivity index (χ1) is 20.2. The summed E-state index contributed by atoms with van der Waals surface area (Å²) in [4.78, 5) is 44.3. The van der Waals surface area contributed by atoms with Gasteiger partial charge in [-0.15, -0.1) is 0 Å². The van der Waals surface area contributed by atoms with Crippen molar-refractivity contribution in [3.8, 4) is 0 Å². The van der Waals surface area contributed by atoms with Gasteiger partial charge in [0.1, 0.15) is 11.6 Å². The highest BCUT2D eigenvalue weighted by atomic mass is 16.5. The van der Waals surface area contributed by atoms with Crippen molar-refractivity contribution in [1.82, 2.24) is 4.90 Å². The van der Waals surface area contributed by atoms with Crippen LogP contribution >= 0.6 is 0 Å². The van der Waals surface area contributed by atoms with Gasteiger partial charge in [-0.3, -0.25) is 14.4 Å². The molecule has 6 rings (SSSR count). The number of anilines is 2. The number of aliphatic hydroxyl groups is 1. The van der Waals surface area contributed by atoms with Gasteiger partial charge >= 0.3 is 0 Å². The van der Waals surface area contributed by atoms with Crippen molar-refractivity contribution in [1.29, 1.82) is 0 Å². The average Bonchev–Trinajstić information content (AvgIpc) is 3.55. The molecule has 3 aromatic rings. The van der Waals surface area contributed by atoms with Crippen molar-refractivity contribution >= 4 is 29.1 Å². The summed E-state index contributed by atoms with van der Waals surface area (Å²) in [5.74, 6) is -2.67. The van der Waals surface area contributed by atoms with Gasteiger partial charge in [-0.05, 0) is 74.9 Å². The number of likely N-dealkylation sites (tertiary alicyclic amines) is 1. The van der Waals surface area contributed by atoms with Crippen LogP contribution in [0.25, 0.3) is 0 Å². The number of nitrogens with one attached hydrogen (secondary N) is 2. The molecule has 218 valence electrons. The minimum atomic E-state index is -1.20. The monoisotopic (exact) mass is 567 g/mol. The number of benzene rings is 3. The molecule has 8 nitrogen and oxygen atoms in total. The van der Waals surface area contributed by atoms with E-state index in [-0.39, 0.29) is 24.3 Å². The zero-order valence-corrected chi connectivity index (χ0v) is 24.2. The first kappa shape index (κ1) is 28.1. The van der Waals surface area contributed by atoms with Crippen molar-refractivity contribution in [2.75, 3.05) is 17.2 Å². The van der Waals surface area contributed by atoms with Gasteiger partial charge in [0, 0.05) is 11.4 Å². The number of aliphatic hydroxyl groups excluding tert-OH is 1. The van der Waals surface area contributed by atoms with Gasteiger partial charge in [0.2, 0.25) is 17.7 Å². The summed E-state index contributed by atoms with van der Waals surface area (Å²) in [6.07, 6.45) is 1.35. The number of fused-ring (bicyclic) bond motifs is 1. The third-order valence-electron chi connectivity index (χ3n) is 9.36. The number of aryl methyl sites for hydroxylation is 2. The lowest BCUT2D eigenvalue weighted by Crippen LogP contribution is -2.57. The number of carbonyl (C=O) groups excluding carboxylic acids is 3. The van der Waals surface area contributed by atoms with E-state index in [0.717, 1.165) is 16.7 Å². The SMILES string of the molecule is Cc1ccc(C)c(NC(=O)C2N([C@@H](CO)Cc3ccccc3)C(=O)[C@@H]3[C@@H](C(=O)Nc4ccccc4)[C@@]4(C)CCC23O4)c1. The number of carbonyl (C=O) groups is 3. The molecule has 0 radical (unpaired) electrons. The second kappa shape index (κ2) is 10.7. The molecule has 2 bridgehead atoms. The Labute approximate surface area is 246 Å². The quantitative estimate of drug-likeness (QED) is 0.377. The number of ether oxygens (including phenoxy) is 1. The molecule has 42 heavy (non-hydrogen) atoms. The van der Waals surface area contributed by atoms with Crippen LogP contribution in [-0.2, 0) is 25.5 Å². The first-order valence-electron chi connectivity index (χ1n) is 14.6. The molecule has 3 fully saturated rings. The summed E-state index contributed by atoms with van der Waals surface area (Å²) >= 11 is 0. The molecule has 3 aliphatic rings. The van der Waals surface area contributed by atoms with Crippen molar-refractivity contribution in [2.24, 2.45) is 11.8 Å². The van der Waals surface area contributed by atoms with Gasteiger partial charge in [-0.25, -0.2) is 0 Å². The highest BCUT2D eigenvalue weighted by molar-refractivity contribution is 6.05. The van der Waals surface area contributed by atoms with Crippen LogP contribution in [0.2, 0.25) is 0 Å². The minimum absolute atomic E-state index is 0.303. The second-order valence-corrected chi connectivity index (χ2v) is 12.2. The lowest BCUT2D eigenvalue weighted by molar-refractivity contribution is -0.146. The van der Waals surface area contributed by atoms with E-state index in [4.69, 9.17) is 4.74 Å². The Morgan fingerprint density at radius 1 is 0.976 bits per heavy atom. The number of hydrogen-bond acceptors (Lipinski definition) is 5. The van der Waals surface area contributed by atoms with Gasteiger partial charge in [0.25, 0.3) is 0 Å². The molecule has 3 amide bonds. The highest BCUT2D eigenvalue weighted by Gasteiger charge is 2.78. The average molecular weight is 568 g/mol. The fraction of sp³-hybridized carbons (Fsp3) is 0.382. The Hall–Kier alpha value is -4.01. The molecule has 3 N–H and O–H groups in total. The third-order valence-corrected chi connectivity index (χ3v) is 9.36. The molecular weight excluding hydrogens is 530 g/mol. The van der Waals surface area contributed by atoms with E-state index in [1.807, 2.05) is 87.5 Å². The van der Waals surface area contributed by atoms with Crippen LogP contribution in [0.15, 0.2) is 78.9 Å². The Kier molecular flexibility index (Phi) is 7.15. The fourth-order valence-corrected chi connectivity index (χ4v) is 7.41. The maximum atomic E-state index is 14.5. The lowest BCUT2D eigenvalue weighted by Gasteiger charge is -2.37. The molecule has 0 aromatic heterocycles. The van der Waals surface area contributed by atoms with Crippen LogP contribution in [0.5, 0.6) is 0 Å². The summed E-state index contributed by atoms with van der Waals surface area (Å²) in [5.41, 5.74) is 2.01. The van der Waals surface area contributed by atoms with Crippen LogP contribution in [0.1, 0.15) is 36.5 Å². The number of amides is 3. The molecule has 8 heteroatoms. The molecule has 3 aromatic carbocycles. The van der Waals surface area contributed by atoms with Gasteiger partial charge in [-0.1, -0.05) is 60.7 Å².